The summed E-state index contributed by atoms with van der Waals surface area (Å²) in [5.41, 5.74) is 1.59. The van der Waals surface area contributed by atoms with E-state index in [1.165, 1.54) is 12.8 Å². The second kappa shape index (κ2) is 5.70. The van der Waals surface area contributed by atoms with E-state index in [9.17, 15) is 10.1 Å². The average Bonchev–Trinajstić information content (AvgIpc) is 3.17. The minimum Gasteiger partial charge on any atom is -0.314 e. The fraction of sp³-hybridized carbons (Fsp3) is 0.600. The summed E-state index contributed by atoms with van der Waals surface area (Å²) in [6, 6.07) is 7.54. The monoisotopic (exact) mass is 262 g/mol. The van der Waals surface area contributed by atoms with Gasteiger partial charge in [-0.2, -0.15) is 0 Å². The molecule has 4 nitrogen and oxygen atoms in total. The Morgan fingerprint density at radius 2 is 2.21 bits per heavy atom. The first kappa shape index (κ1) is 14.0. The van der Waals surface area contributed by atoms with Crippen molar-refractivity contribution in [2.75, 3.05) is 6.54 Å². The highest BCUT2D eigenvalue weighted by Gasteiger charge is 2.46. The first-order valence-electron chi connectivity index (χ1n) is 7.04. The number of nitrogens with one attached hydrogen (secondary N) is 1. The number of non-ortho nitro benzene ring substituents is 1. The van der Waals surface area contributed by atoms with Crippen molar-refractivity contribution in [1.29, 1.82) is 0 Å². The first-order valence-corrected chi connectivity index (χ1v) is 7.04. The lowest BCUT2D eigenvalue weighted by atomic mass is 9.89. The molecule has 1 aromatic rings. The molecule has 0 bridgehead atoms. The van der Waals surface area contributed by atoms with Gasteiger partial charge in [0.2, 0.25) is 0 Å². The van der Waals surface area contributed by atoms with Crippen LogP contribution in [0.15, 0.2) is 24.3 Å². The molecule has 0 aliphatic heterocycles. The Balaban J connectivity index is 2.04. The van der Waals surface area contributed by atoms with E-state index < -0.39 is 0 Å². The van der Waals surface area contributed by atoms with E-state index in [0.29, 0.717) is 11.5 Å². The fourth-order valence-corrected chi connectivity index (χ4v) is 2.69. The van der Waals surface area contributed by atoms with Crippen LogP contribution in [-0.4, -0.2) is 17.5 Å². The van der Waals surface area contributed by atoms with Crippen LogP contribution in [0.3, 0.4) is 0 Å². The maximum atomic E-state index is 10.8. The number of benzene rings is 1. The van der Waals surface area contributed by atoms with E-state index in [0.717, 1.165) is 24.9 Å². The van der Waals surface area contributed by atoms with E-state index in [4.69, 9.17) is 0 Å². The van der Waals surface area contributed by atoms with Crippen LogP contribution in [0.5, 0.6) is 0 Å². The Morgan fingerprint density at radius 3 is 2.79 bits per heavy atom. The van der Waals surface area contributed by atoms with Gasteiger partial charge in [-0.1, -0.05) is 19.1 Å². The summed E-state index contributed by atoms with van der Waals surface area (Å²) >= 11 is 0. The average molecular weight is 262 g/mol. The van der Waals surface area contributed by atoms with Gasteiger partial charge in [-0.25, -0.2) is 0 Å². The SMILES string of the molecule is CCCNC(C)C1(Cc2cccc([N+](=O)[O-])c2)CC1. The standard InChI is InChI=1S/C15H22N2O2/c1-3-9-16-12(2)15(7-8-15)11-13-5-4-6-14(10-13)17(18)19/h4-6,10,12,16H,3,7-9,11H2,1-2H3. The Kier molecular flexibility index (Phi) is 4.20. The van der Waals surface area contributed by atoms with Gasteiger partial charge < -0.3 is 5.32 Å². The van der Waals surface area contributed by atoms with Crippen molar-refractivity contribution < 1.29 is 4.92 Å². The summed E-state index contributed by atoms with van der Waals surface area (Å²) in [5, 5.41) is 14.4. The minimum absolute atomic E-state index is 0.197. The van der Waals surface area contributed by atoms with Crippen molar-refractivity contribution in [3.05, 3.63) is 39.9 Å². The normalized spacial score (nSPS) is 18.0. The molecule has 19 heavy (non-hydrogen) atoms. The molecule has 1 atom stereocenters. The quantitative estimate of drug-likeness (QED) is 0.606. The van der Waals surface area contributed by atoms with Gasteiger partial charge in [-0.3, -0.25) is 10.1 Å². The van der Waals surface area contributed by atoms with Crippen molar-refractivity contribution in [2.45, 2.75) is 45.6 Å². The van der Waals surface area contributed by atoms with Gasteiger partial charge >= 0.3 is 0 Å². The zero-order valence-corrected chi connectivity index (χ0v) is 11.7. The highest BCUT2D eigenvalue weighted by molar-refractivity contribution is 5.35. The summed E-state index contributed by atoms with van der Waals surface area (Å²) in [4.78, 5) is 10.5. The topological polar surface area (TPSA) is 55.2 Å². The van der Waals surface area contributed by atoms with Crippen molar-refractivity contribution in [3.8, 4) is 0 Å². The molecule has 1 fully saturated rings. The third-order valence-electron chi connectivity index (χ3n) is 4.19. The molecule has 1 N–H and O–H groups in total. The zero-order valence-electron chi connectivity index (χ0n) is 11.7. The second-order valence-corrected chi connectivity index (χ2v) is 5.64. The summed E-state index contributed by atoms with van der Waals surface area (Å²) < 4.78 is 0. The highest BCUT2D eigenvalue weighted by Crippen LogP contribution is 2.51. The van der Waals surface area contributed by atoms with Crippen molar-refractivity contribution >= 4 is 5.69 Å². The number of nitrogens with zero attached hydrogens (tertiary/aromatic N) is 1. The molecule has 1 aromatic carbocycles. The van der Waals surface area contributed by atoms with E-state index >= 15 is 0 Å². The maximum Gasteiger partial charge on any atom is 0.269 e. The molecular weight excluding hydrogens is 240 g/mol. The van der Waals surface area contributed by atoms with Crippen molar-refractivity contribution in [2.24, 2.45) is 5.41 Å². The fourth-order valence-electron chi connectivity index (χ4n) is 2.69. The Labute approximate surface area is 114 Å². The van der Waals surface area contributed by atoms with Gasteiger partial charge in [-0.05, 0) is 50.1 Å². The molecular formula is C15H22N2O2. The third kappa shape index (κ3) is 3.32. The summed E-state index contributed by atoms with van der Waals surface area (Å²) in [7, 11) is 0. The van der Waals surface area contributed by atoms with Gasteiger partial charge in [0.15, 0.2) is 0 Å². The Hall–Kier alpha value is -1.42. The summed E-state index contributed by atoms with van der Waals surface area (Å²) in [5.74, 6) is 0. The van der Waals surface area contributed by atoms with Crippen LogP contribution < -0.4 is 5.32 Å². The molecule has 0 amide bonds. The van der Waals surface area contributed by atoms with Crippen LogP contribution in [0.2, 0.25) is 0 Å². The Bertz CT molecular complexity index is 455. The lowest BCUT2D eigenvalue weighted by Crippen LogP contribution is -2.36. The predicted octanol–water partition coefficient (Wildman–Crippen LogP) is 3.31. The number of rotatable bonds is 7. The first-order chi connectivity index (χ1) is 9.07. The van der Waals surface area contributed by atoms with Gasteiger partial charge in [-0.15, -0.1) is 0 Å². The van der Waals surface area contributed by atoms with Crippen LogP contribution in [0, 0.1) is 15.5 Å². The highest BCUT2D eigenvalue weighted by atomic mass is 16.6. The maximum absolute atomic E-state index is 10.8. The van der Waals surface area contributed by atoms with Crippen molar-refractivity contribution in [3.63, 3.8) is 0 Å². The molecule has 1 aliphatic rings. The van der Waals surface area contributed by atoms with Crippen LogP contribution >= 0.6 is 0 Å². The lowest BCUT2D eigenvalue weighted by molar-refractivity contribution is -0.384. The molecule has 0 spiro atoms. The predicted molar refractivity (Wildman–Crippen MR) is 76.2 cm³/mol. The molecule has 1 aliphatic carbocycles. The van der Waals surface area contributed by atoms with E-state index in [1.807, 2.05) is 6.07 Å². The molecule has 1 saturated carbocycles. The molecule has 4 heteroatoms. The molecule has 0 radical (unpaired) electrons. The zero-order chi connectivity index (χ0) is 13.9. The van der Waals surface area contributed by atoms with Crippen molar-refractivity contribution in [1.82, 2.24) is 5.32 Å². The van der Waals surface area contributed by atoms with Gasteiger partial charge in [0.25, 0.3) is 5.69 Å². The Morgan fingerprint density at radius 1 is 1.47 bits per heavy atom. The van der Waals surface area contributed by atoms with Gasteiger partial charge in [0.1, 0.15) is 0 Å². The number of hydrogen-bond acceptors (Lipinski definition) is 3. The molecule has 0 saturated heterocycles. The minimum atomic E-state index is -0.318. The summed E-state index contributed by atoms with van der Waals surface area (Å²) in [6.07, 6.45) is 4.50. The second-order valence-electron chi connectivity index (χ2n) is 5.64. The van der Waals surface area contributed by atoms with E-state index in [2.05, 4.69) is 19.2 Å². The molecule has 104 valence electrons. The molecule has 2 rings (SSSR count). The smallest absolute Gasteiger partial charge is 0.269 e. The summed E-state index contributed by atoms with van der Waals surface area (Å²) in [6.45, 7) is 5.44. The van der Waals surface area contributed by atoms with Gasteiger partial charge in [0, 0.05) is 18.2 Å². The lowest BCUT2D eigenvalue weighted by Gasteiger charge is -2.24. The molecule has 0 aromatic heterocycles. The van der Waals surface area contributed by atoms with Gasteiger partial charge in [0.05, 0.1) is 4.92 Å². The third-order valence-corrected chi connectivity index (χ3v) is 4.19. The van der Waals surface area contributed by atoms with Crippen LogP contribution in [-0.2, 0) is 6.42 Å². The molecule has 0 heterocycles. The van der Waals surface area contributed by atoms with E-state index in [1.54, 1.807) is 18.2 Å². The number of nitro groups is 1. The van der Waals surface area contributed by atoms with Crippen LogP contribution in [0.4, 0.5) is 5.69 Å². The number of nitro benzene ring substituents is 1. The van der Waals surface area contributed by atoms with Crippen LogP contribution in [0.1, 0.15) is 38.7 Å². The largest absolute Gasteiger partial charge is 0.314 e. The molecule has 1 unspecified atom stereocenters. The van der Waals surface area contributed by atoms with E-state index in [-0.39, 0.29) is 10.6 Å². The van der Waals surface area contributed by atoms with Crippen LogP contribution in [0.25, 0.3) is 0 Å². The number of hydrogen-bond donors (Lipinski definition) is 1.